The molecule has 0 spiro atoms. The first-order valence-corrected chi connectivity index (χ1v) is 13.5. The normalized spacial score (nSPS) is 16.2. The second kappa shape index (κ2) is 12.1. The van der Waals surface area contributed by atoms with Gasteiger partial charge in [-0.15, -0.1) is 0 Å². The molecule has 4 aromatic rings. The third-order valence-electron chi connectivity index (χ3n) is 7.42. The zero-order valence-corrected chi connectivity index (χ0v) is 22.7. The van der Waals surface area contributed by atoms with Gasteiger partial charge in [-0.25, -0.2) is 0 Å². The minimum absolute atomic E-state index is 0.0631. The van der Waals surface area contributed by atoms with E-state index in [-0.39, 0.29) is 52.4 Å². The average molecular weight is 553 g/mol. The number of allylic oxidation sites excluding steroid dienone is 1. The molecule has 1 aliphatic rings. The van der Waals surface area contributed by atoms with Gasteiger partial charge >= 0.3 is 0 Å². The van der Waals surface area contributed by atoms with Crippen LogP contribution in [0.15, 0.2) is 84.9 Å². The van der Waals surface area contributed by atoms with E-state index in [1.54, 1.807) is 43.5 Å². The van der Waals surface area contributed by atoms with Crippen molar-refractivity contribution in [3.8, 4) is 34.5 Å². The fourth-order valence-corrected chi connectivity index (χ4v) is 5.21. The Labute approximate surface area is 238 Å². The second-order valence-corrected chi connectivity index (χ2v) is 10.2. The van der Waals surface area contributed by atoms with Gasteiger partial charge in [0.25, 0.3) is 0 Å². The van der Waals surface area contributed by atoms with Gasteiger partial charge in [-0.3, -0.25) is 4.79 Å². The number of carbonyl (C=O) groups excluding carboxylic acids is 1. The molecule has 1 aliphatic heterocycles. The van der Waals surface area contributed by atoms with E-state index in [1.165, 1.54) is 6.07 Å². The number of aryl methyl sites for hydroxylation is 1. The second-order valence-electron chi connectivity index (χ2n) is 10.2. The lowest BCUT2D eigenvalue weighted by molar-refractivity contribution is 0.0933. The van der Waals surface area contributed by atoms with Crippen LogP contribution in [0.25, 0.3) is 6.08 Å². The van der Waals surface area contributed by atoms with Gasteiger partial charge in [0.15, 0.2) is 5.78 Å². The van der Waals surface area contributed by atoms with Crippen LogP contribution >= 0.6 is 0 Å². The molecule has 0 fully saturated rings. The number of Topliss-reactive ketones (excluding diaryl/α,β-unsaturated/α-hetero) is 1. The van der Waals surface area contributed by atoms with Gasteiger partial charge in [0.1, 0.15) is 46.2 Å². The molecule has 0 unspecified atom stereocenters. The van der Waals surface area contributed by atoms with Crippen molar-refractivity contribution in [1.29, 1.82) is 0 Å². The maximum absolute atomic E-state index is 13.5. The van der Waals surface area contributed by atoms with Crippen LogP contribution < -0.4 is 9.47 Å². The molecule has 0 radical (unpaired) electrons. The van der Waals surface area contributed by atoms with E-state index < -0.39 is 6.10 Å². The first-order chi connectivity index (χ1) is 19.8. The van der Waals surface area contributed by atoms with Gasteiger partial charge in [-0.05, 0) is 72.4 Å². The molecule has 7 heteroatoms. The number of aromatic hydroxyl groups is 4. The lowest BCUT2D eigenvalue weighted by Gasteiger charge is -2.35. The summed E-state index contributed by atoms with van der Waals surface area (Å²) in [4.78, 5) is 13.5. The van der Waals surface area contributed by atoms with Crippen molar-refractivity contribution in [2.45, 2.75) is 31.8 Å². The van der Waals surface area contributed by atoms with Gasteiger partial charge in [0.05, 0.1) is 7.11 Å². The molecule has 41 heavy (non-hydrogen) atoms. The maximum Gasteiger partial charge on any atom is 0.170 e. The summed E-state index contributed by atoms with van der Waals surface area (Å²) in [7, 11) is 1.59. The summed E-state index contributed by atoms with van der Waals surface area (Å²) in [5, 5.41) is 41.0. The molecule has 4 N–H and O–H groups in total. The summed E-state index contributed by atoms with van der Waals surface area (Å²) >= 11 is 0. The molecule has 2 atom stereocenters. The number of phenols is 4. The van der Waals surface area contributed by atoms with Crippen LogP contribution in [-0.2, 0) is 12.8 Å². The highest BCUT2D eigenvalue weighted by Gasteiger charge is 2.36. The molecule has 1 heterocycles. The number of phenolic OH excluding ortho intramolecular Hbond substituents is 4. The molecular formula is C34H32O7. The molecule has 0 bridgehead atoms. The molecule has 7 nitrogen and oxygen atoms in total. The summed E-state index contributed by atoms with van der Waals surface area (Å²) in [5.74, 6) is 0.392. The summed E-state index contributed by atoms with van der Waals surface area (Å²) < 4.78 is 11.7. The molecule has 0 amide bonds. The minimum Gasteiger partial charge on any atom is -0.508 e. The summed E-state index contributed by atoms with van der Waals surface area (Å²) in [6, 6.07) is 22.3. The predicted octanol–water partition coefficient (Wildman–Crippen LogP) is 6.73. The van der Waals surface area contributed by atoms with Crippen LogP contribution in [0.2, 0.25) is 0 Å². The van der Waals surface area contributed by atoms with Crippen molar-refractivity contribution in [3.05, 3.63) is 113 Å². The van der Waals surface area contributed by atoms with Gasteiger partial charge in [0.2, 0.25) is 0 Å². The topological polar surface area (TPSA) is 116 Å². The SMILES string of the molecule is COc1ccc(CCC(=O)c2c(O)cc(O)c3c2O[C@@H](c2ccc(O)cc2)[C@@H](C/C=C/c2ccc(O)cc2)C3)cc1. The van der Waals surface area contributed by atoms with E-state index in [9.17, 15) is 25.2 Å². The third kappa shape index (κ3) is 6.30. The van der Waals surface area contributed by atoms with E-state index in [4.69, 9.17) is 9.47 Å². The Balaban J connectivity index is 1.44. The lowest BCUT2D eigenvalue weighted by Crippen LogP contribution is -2.27. The van der Waals surface area contributed by atoms with Gasteiger partial charge in [0, 0.05) is 24.0 Å². The number of hydrogen-bond donors (Lipinski definition) is 4. The number of rotatable bonds is 9. The first kappa shape index (κ1) is 27.6. The van der Waals surface area contributed by atoms with Crippen molar-refractivity contribution >= 4 is 11.9 Å². The molecule has 5 rings (SSSR count). The number of carbonyl (C=O) groups is 1. The number of fused-ring (bicyclic) bond motifs is 1. The highest BCUT2D eigenvalue weighted by Crippen LogP contribution is 2.48. The van der Waals surface area contributed by atoms with Crippen LogP contribution in [0, 0.1) is 5.92 Å². The Kier molecular flexibility index (Phi) is 8.15. The first-order valence-electron chi connectivity index (χ1n) is 13.5. The monoisotopic (exact) mass is 552 g/mol. The largest absolute Gasteiger partial charge is 0.508 e. The lowest BCUT2D eigenvalue weighted by atomic mass is 9.82. The highest BCUT2D eigenvalue weighted by molar-refractivity contribution is 6.02. The Hall–Kier alpha value is -4.91. The third-order valence-corrected chi connectivity index (χ3v) is 7.42. The van der Waals surface area contributed by atoms with E-state index in [0.717, 1.165) is 22.4 Å². The van der Waals surface area contributed by atoms with Crippen LogP contribution in [0.3, 0.4) is 0 Å². The van der Waals surface area contributed by atoms with Crippen LogP contribution in [0.1, 0.15) is 51.6 Å². The Morgan fingerprint density at radius 1 is 0.902 bits per heavy atom. The predicted molar refractivity (Wildman–Crippen MR) is 156 cm³/mol. The molecule has 210 valence electrons. The summed E-state index contributed by atoms with van der Waals surface area (Å²) in [5.41, 5.74) is 3.23. The zero-order chi connectivity index (χ0) is 28.9. The number of methoxy groups -OCH3 is 1. The average Bonchev–Trinajstić information content (AvgIpc) is 2.97. The van der Waals surface area contributed by atoms with Gasteiger partial charge < -0.3 is 29.9 Å². The van der Waals surface area contributed by atoms with Gasteiger partial charge in [-0.1, -0.05) is 48.6 Å². The van der Waals surface area contributed by atoms with Gasteiger partial charge in [-0.2, -0.15) is 0 Å². The van der Waals surface area contributed by atoms with E-state index in [1.807, 2.05) is 48.6 Å². The van der Waals surface area contributed by atoms with Crippen molar-refractivity contribution in [2.75, 3.05) is 7.11 Å². The number of ether oxygens (including phenoxy) is 2. The quantitative estimate of drug-likeness (QED) is 0.170. The highest BCUT2D eigenvalue weighted by atomic mass is 16.5. The summed E-state index contributed by atoms with van der Waals surface area (Å²) in [6.45, 7) is 0. The molecule has 0 aromatic heterocycles. The molecular weight excluding hydrogens is 520 g/mol. The standard InChI is InChI=1S/C34H32O7/c1-40-27-16-7-22(8-17-27)9-18-29(37)32-31(39)20-30(38)28-19-24(4-2-3-21-5-12-25(35)13-6-21)33(41-34(28)32)23-10-14-26(36)15-11-23/h2-3,5-8,10-17,20,24,33,35-36,38-39H,4,9,18-19H2,1H3/b3-2+/t24-,33-/m0/s1. The van der Waals surface area contributed by atoms with Crippen LogP contribution in [-0.4, -0.2) is 33.3 Å². The van der Waals surface area contributed by atoms with Crippen LogP contribution in [0.5, 0.6) is 34.5 Å². The smallest absolute Gasteiger partial charge is 0.170 e. The van der Waals surface area contributed by atoms with Crippen molar-refractivity contribution in [2.24, 2.45) is 5.92 Å². The Morgan fingerprint density at radius 2 is 1.56 bits per heavy atom. The zero-order valence-electron chi connectivity index (χ0n) is 22.7. The summed E-state index contributed by atoms with van der Waals surface area (Å²) in [6.07, 6.45) is 5.07. The van der Waals surface area contributed by atoms with Crippen molar-refractivity contribution < 1.29 is 34.7 Å². The number of benzene rings is 4. The minimum atomic E-state index is -0.498. The van der Waals surface area contributed by atoms with Crippen molar-refractivity contribution in [1.82, 2.24) is 0 Å². The van der Waals surface area contributed by atoms with E-state index in [2.05, 4.69) is 0 Å². The van der Waals surface area contributed by atoms with E-state index >= 15 is 0 Å². The number of ketones is 1. The fourth-order valence-electron chi connectivity index (χ4n) is 5.21. The Bertz CT molecular complexity index is 1540. The van der Waals surface area contributed by atoms with Crippen molar-refractivity contribution in [3.63, 3.8) is 0 Å². The number of hydrogen-bond acceptors (Lipinski definition) is 7. The maximum atomic E-state index is 13.5. The molecule has 4 aromatic carbocycles. The molecule has 0 saturated carbocycles. The molecule has 0 aliphatic carbocycles. The van der Waals surface area contributed by atoms with Crippen LogP contribution in [0.4, 0.5) is 0 Å². The molecule has 0 saturated heterocycles. The van der Waals surface area contributed by atoms with E-state index in [0.29, 0.717) is 24.8 Å². The fraction of sp³-hybridized carbons (Fsp3) is 0.206. The Morgan fingerprint density at radius 3 is 2.22 bits per heavy atom.